The fraction of sp³-hybridized carbons (Fsp3) is 0.333. The molecule has 0 saturated heterocycles. The SMILES string of the molecule is C=C(C)c1ccc(S(C)(=CC)=CC)c(C)c1. The third-order valence-electron chi connectivity index (χ3n) is 3.12. The molecule has 0 aliphatic heterocycles. The molecule has 0 atom stereocenters. The Bertz CT molecular complexity index is 510. The standard InChI is InChI=1S/C15H22S/c1-7-16(6,8-2)15-10-9-14(12(3)4)11-13(15)5/h7-11H,3H2,1-2,4-6H3. The Labute approximate surface area is 100 Å². The highest BCUT2D eigenvalue weighted by Crippen LogP contribution is 2.34. The van der Waals surface area contributed by atoms with Crippen LogP contribution in [-0.2, 0) is 0 Å². The molecule has 1 rings (SSSR count). The largest absolute Gasteiger partial charge is 0.185 e. The van der Waals surface area contributed by atoms with Gasteiger partial charge in [-0.3, -0.25) is 0 Å². The van der Waals surface area contributed by atoms with E-state index in [1.165, 1.54) is 16.0 Å². The number of hydrogen-bond acceptors (Lipinski definition) is 0. The summed E-state index contributed by atoms with van der Waals surface area (Å²) in [6, 6.07) is 6.69. The van der Waals surface area contributed by atoms with Crippen LogP contribution in [-0.4, -0.2) is 17.0 Å². The summed E-state index contributed by atoms with van der Waals surface area (Å²) in [5.74, 6) is 0. The van der Waals surface area contributed by atoms with Crippen molar-refractivity contribution >= 4 is 25.5 Å². The highest BCUT2D eigenvalue weighted by Gasteiger charge is 2.04. The Balaban J connectivity index is 3.47. The van der Waals surface area contributed by atoms with Crippen molar-refractivity contribution in [1.29, 1.82) is 0 Å². The van der Waals surface area contributed by atoms with Crippen molar-refractivity contribution in [3.8, 4) is 0 Å². The second-order valence-corrected chi connectivity index (χ2v) is 7.76. The number of aryl methyl sites for hydroxylation is 1. The summed E-state index contributed by atoms with van der Waals surface area (Å²) in [6.07, 6.45) is 2.33. The van der Waals surface area contributed by atoms with Crippen molar-refractivity contribution in [1.82, 2.24) is 0 Å². The van der Waals surface area contributed by atoms with Crippen molar-refractivity contribution in [3.05, 3.63) is 35.9 Å². The van der Waals surface area contributed by atoms with Gasteiger partial charge in [-0.15, -0.1) is 0 Å². The lowest BCUT2D eigenvalue weighted by Crippen LogP contribution is -1.90. The van der Waals surface area contributed by atoms with E-state index in [1.54, 1.807) is 0 Å². The van der Waals surface area contributed by atoms with E-state index in [4.69, 9.17) is 0 Å². The smallest absolute Gasteiger partial charge is 0.000727 e. The Morgan fingerprint density at radius 2 is 1.81 bits per heavy atom. The molecule has 0 unspecified atom stereocenters. The van der Waals surface area contributed by atoms with Crippen molar-refractivity contribution in [2.75, 3.05) is 6.26 Å². The van der Waals surface area contributed by atoms with E-state index >= 15 is 0 Å². The maximum atomic E-state index is 3.99. The van der Waals surface area contributed by atoms with Crippen LogP contribution in [0.5, 0.6) is 0 Å². The summed E-state index contributed by atoms with van der Waals surface area (Å²) in [4.78, 5) is 1.46. The highest BCUT2D eigenvalue weighted by molar-refractivity contribution is 8.28. The van der Waals surface area contributed by atoms with Gasteiger partial charge in [0.2, 0.25) is 0 Å². The summed E-state index contributed by atoms with van der Waals surface area (Å²) in [5.41, 5.74) is 3.75. The molecule has 0 amide bonds. The molecule has 0 aliphatic carbocycles. The normalized spacial score (nSPS) is 11.1. The molecule has 0 N–H and O–H groups in total. The maximum absolute atomic E-state index is 3.99. The van der Waals surface area contributed by atoms with Crippen molar-refractivity contribution in [3.63, 3.8) is 0 Å². The number of allylic oxidation sites excluding steroid dienone is 1. The van der Waals surface area contributed by atoms with E-state index in [2.05, 4.69) is 69.5 Å². The second kappa shape index (κ2) is 4.92. The predicted molar refractivity (Wildman–Crippen MR) is 81.1 cm³/mol. The minimum absolute atomic E-state index is 0.846. The van der Waals surface area contributed by atoms with Gasteiger partial charge in [0, 0.05) is 0 Å². The van der Waals surface area contributed by atoms with E-state index in [9.17, 15) is 0 Å². The first-order valence-electron chi connectivity index (χ1n) is 5.58. The first-order valence-corrected chi connectivity index (χ1v) is 7.75. The minimum atomic E-state index is -0.846. The Kier molecular flexibility index (Phi) is 4.03. The zero-order chi connectivity index (χ0) is 12.3. The summed E-state index contributed by atoms with van der Waals surface area (Å²) < 4.78 is 0. The van der Waals surface area contributed by atoms with Gasteiger partial charge >= 0.3 is 0 Å². The molecule has 88 valence electrons. The van der Waals surface area contributed by atoms with Crippen LogP contribution >= 0.6 is 9.21 Å². The highest BCUT2D eigenvalue weighted by atomic mass is 32.2. The first kappa shape index (κ1) is 13.1. The fourth-order valence-electron chi connectivity index (χ4n) is 1.80. The molecule has 0 fully saturated rings. The molecular weight excluding hydrogens is 212 g/mol. The van der Waals surface area contributed by atoms with Crippen LogP contribution in [0.2, 0.25) is 0 Å². The number of hydrogen-bond donors (Lipinski definition) is 0. The van der Waals surface area contributed by atoms with Crippen molar-refractivity contribution in [2.24, 2.45) is 0 Å². The van der Waals surface area contributed by atoms with Crippen LogP contribution in [0, 0.1) is 6.92 Å². The van der Waals surface area contributed by atoms with Crippen LogP contribution in [0.15, 0.2) is 29.7 Å². The average Bonchev–Trinajstić information content (AvgIpc) is 2.27. The van der Waals surface area contributed by atoms with Gasteiger partial charge in [0.25, 0.3) is 0 Å². The van der Waals surface area contributed by atoms with Crippen LogP contribution in [0.4, 0.5) is 0 Å². The molecule has 0 aliphatic rings. The van der Waals surface area contributed by atoms with Gasteiger partial charge in [-0.25, -0.2) is 0 Å². The topological polar surface area (TPSA) is 0 Å². The quantitative estimate of drug-likeness (QED) is 0.663. The van der Waals surface area contributed by atoms with Crippen LogP contribution in [0.1, 0.15) is 31.9 Å². The molecule has 0 nitrogen and oxygen atoms in total. The molecule has 0 bridgehead atoms. The average molecular weight is 234 g/mol. The zero-order valence-corrected chi connectivity index (χ0v) is 11.8. The molecule has 1 aromatic rings. The van der Waals surface area contributed by atoms with Crippen molar-refractivity contribution in [2.45, 2.75) is 32.6 Å². The van der Waals surface area contributed by atoms with Gasteiger partial charge in [0.05, 0.1) is 0 Å². The monoisotopic (exact) mass is 234 g/mol. The van der Waals surface area contributed by atoms with Crippen LogP contribution in [0.3, 0.4) is 0 Å². The van der Waals surface area contributed by atoms with Gasteiger partial charge in [-0.2, -0.15) is 9.21 Å². The summed E-state index contributed by atoms with van der Waals surface area (Å²) in [6.45, 7) is 12.5. The van der Waals surface area contributed by atoms with Crippen molar-refractivity contribution < 1.29 is 0 Å². The lowest BCUT2D eigenvalue weighted by molar-refractivity contribution is 1.29. The fourth-order valence-corrected chi connectivity index (χ4v) is 3.69. The van der Waals surface area contributed by atoms with E-state index in [1.807, 2.05) is 0 Å². The molecule has 0 heterocycles. The molecule has 0 radical (unpaired) electrons. The van der Waals surface area contributed by atoms with Gasteiger partial charge in [-0.05, 0) is 56.0 Å². The molecule has 0 spiro atoms. The molecule has 0 saturated carbocycles. The molecule has 1 heteroatoms. The molecule has 0 aromatic heterocycles. The van der Waals surface area contributed by atoms with Crippen LogP contribution < -0.4 is 0 Å². The van der Waals surface area contributed by atoms with E-state index < -0.39 is 9.21 Å². The second-order valence-electron chi connectivity index (χ2n) is 4.28. The van der Waals surface area contributed by atoms with E-state index in [0.717, 1.165) is 5.57 Å². The lowest BCUT2D eigenvalue weighted by atomic mass is 10.1. The van der Waals surface area contributed by atoms with Crippen LogP contribution in [0.25, 0.3) is 5.57 Å². The zero-order valence-electron chi connectivity index (χ0n) is 11.0. The van der Waals surface area contributed by atoms with Gasteiger partial charge in [0.1, 0.15) is 0 Å². The summed E-state index contributed by atoms with van der Waals surface area (Å²) >= 11 is 0. The molecule has 1 aromatic carbocycles. The molecule has 16 heavy (non-hydrogen) atoms. The van der Waals surface area contributed by atoms with E-state index in [-0.39, 0.29) is 0 Å². The Morgan fingerprint density at radius 3 is 2.19 bits per heavy atom. The third-order valence-corrected chi connectivity index (χ3v) is 6.49. The maximum Gasteiger partial charge on any atom is -0.000727 e. The number of rotatable bonds is 2. The third kappa shape index (κ3) is 2.41. The van der Waals surface area contributed by atoms with Gasteiger partial charge in [-0.1, -0.05) is 35.0 Å². The van der Waals surface area contributed by atoms with Gasteiger partial charge < -0.3 is 0 Å². The van der Waals surface area contributed by atoms with Gasteiger partial charge in [0.15, 0.2) is 0 Å². The lowest BCUT2D eigenvalue weighted by Gasteiger charge is -2.16. The predicted octanol–water partition coefficient (Wildman–Crippen LogP) is 4.47. The number of benzene rings is 1. The summed E-state index contributed by atoms with van der Waals surface area (Å²) in [5, 5.41) is 4.66. The minimum Gasteiger partial charge on any atom is -0.185 e. The Morgan fingerprint density at radius 1 is 1.25 bits per heavy atom. The Hall–Kier alpha value is -0.950. The molecular formula is C15H22S. The summed E-state index contributed by atoms with van der Waals surface area (Å²) in [7, 11) is -0.846. The van der Waals surface area contributed by atoms with E-state index in [0.29, 0.717) is 0 Å². The first-order chi connectivity index (χ1) is 7.44.